The van der Waals surface area contributed by atoms with Crippen molar-refractivity contribution in [2.45, 2.75) is 31.2 Å². The lowest BCUT2D eigenvalue weighted by molar-refractivity contribution is -0.137. The molecule has 0 aromatic heterocycles. The lowest BCUT2D eigenvalue weighted by atomic mass is 9.98. The quantitative estimate of drug-likeness (QED) is 0.399. The molecule has 0 spiro atoms. The zero-order valence-corrected chi connectivity index (χ0v) is 19.3. The number of fused-ring (bicyclic) bond motifs is 3. The number of hydrogen-bond donors (Lipinski definition) is 3. The van der Waals surface area contributed by atoms with Crippen LogP contribution in [0.25, 0.3) is 11.1 Å². The number of nitrogens with one attached hydrogen (secondary N) is 2. The Morgan fingerprint density at radius 1 is 0.829 bits per heavy atom. The number of rotatable bonds is 10. The molecule has 7 heteroatoms. The molecule has 0 fully saturated rings. The van der Waals surface area contributed by atoms with E-state index in [2.05, 4.69) is 34.9 Å². The molecule has 3 aromatic rings. The van der Waals surface area contributed by atoms with E-state index in [1.165, 1.54) is 0 Å². The number of aliphatic carboxylic acids is 1. The van der Waals surface area contributed by atoms with Crippen LogP contribution in [-0.2, 0) is 14.3 Å². The molecule has 1 aliphatic carbocycles. The third-order valence-electron chi connectivity index (χ3n) is 6.15. The number of hydrogen-bond acceptors (Lipinski definition) is 4. The van der Waals surface area contributed by atoms with Gasteiger partial charge in [-0.3, -0.25) is 9.59 Å². The Bertz CT molecular complexity index is 1150. The first-order valence-electron chi connectivity index (χ1n) is 11.7. The van der Waals surface area contributed by atoms with Crippen LogP contribution in [0.2, 0.25) is 0 Å². The minimum Gasteiger partial charge on any atom is -0.481 e. The van der Waals surface area contributed by atoms with E-state index >= 15 is 0 Å². The number of carbonyl (C=O) groups excluding carboxylic acids is 2. The summed E-state index contributed by atoms with van der Waals surface area (Å²) in [7, 11) is 0. The van der Waals surface area contributed by atoms with Gasteiger partial charge >= 0.3 is 12.1 Å². The first kappa shape index (κ1) is 24.0. The van der Waals surface area contributed by atoms with Crippen LogP contribution in [0.15, 0.2) is 78.9 Å². The average molecular weight is 473 g/mol. The highest BCUT2D eigenvalue weighted by Gasteiger charge is 2.29. The molecule has 0 aliphatic heterocycles. The Kier molecular flexibility index (Phi) is 7.77. The van der Waals surface area contributed by atoms with Gasteiger partial charge in [0, 0.05) is 25.3 Å². The number of amides is 2. The smallest absolute Gasteiger partial charge is 0.407 e. The maximum Gasteiger partial charge on any atom is 0.407 e. The van der Waals surface area contributed by atoms with Crippen LogP contribution in [0.4, 0.5) is 4.79 Å². The van der Waals surface area contributed by atoms with Gasteiger partial charge in [0.25, 0.3) is 0 Å². The van der Waals surface area contributed by atoms with Crippen molar-refractivity contribution in [2.24, 2.45) is 0 Å². The molecule has 3 N–H and O–H groups in total. The summed E-state index contributed by atoms with van der Waals surface area (Å²) in [6.45, 7) is 0.320. The fourth-order valence-corrected chi connectivity index (χ4v) is 4.47. The van der Waals surface area contributed by atoms with Crippen molar-refractivity contribution in [2.75, 3.05) is 13.2 Å². The van der Waals surface area contributed by atoms with Gasteiger partial charge in [0.15, 0.2) is 0 Å². The third kappa shape index (κ3) is 6.06. The van der Waals surface area contributed by atoms with E-state index in [-0.39, 0.29) is 44.2 Å². The summed E-state index contributed by atoms with van der Waals surface area (Å²) in [4.78, 5) is 35.7. The van der Waals surface area contributed by atoms with Crippen molar-refractivity contribution >= 4 is 18.0 Å². The number of alkyl carbamates (subject to hydrolysis) is 1. The number of carboxylic acid groups (broad SMARTS) is 1. The van der Waals surface area contributed by atoms with Gasteiger partial charge in [0.1, 0.15) is 6.61 Å². The van der Waals surface area contributed by atoms with E-state index in [0.29, 0.717) is 0 Å². The predicted octanol–water partition coefficient (Wildman–Crippen LogP) is 4.64. The summed E-state index contributed by atoms with van der Waals surface area (Å²) >= 11 is 0. The average Bonchev–Trinajstić information content (AvgIpc) is 3.19. The van der Waals surface area contributed by atoms with Gasteiger partial charge in [-0.05, 0) is 34.2 Å². The number of benzene rings is 3. The van der Waals surface area contributed by atoms with Crippen molar-refractivity contribution in [1.82, 2.24) is 10.6 Å². The van der Waals surface area contributed by atoms with Crippen LogP contribution in [0.5, 0.6) is 0 Å². The molecular formula is C28H28N2O5. The van der Waals surface area contributed by atoms with E-state index in [1.54, 1.807) is 0 Å². The van der Waals surface area contributed by atoms with Crippen LogP contribution in [0, 0.1) is 0 Å². The first-order chi connectivity index (χ1) is 17.0. The summed E-state index contributed by atoms with van der Waals surface area (Å²) in [5.41, 5.74) is 5.42. The van der Waals surface area contributed by atoms with Gasteiger partial charge in [-0.25, -0.2) is 4.79 Å². The van der Waals surface area contributed by atoms with Crippen LogP contribution in [0.1, 0.15) is 47.9 Å². The molecule has 1 unspecified atom stereocenters. The van der Waals surface area contributed by atoms with Crippen molar-refractivity contribution in [3.05, 3.63) is 95.6 Å². The molecule has 0 saturated heterocycles. The summed E-state index contributed by atoms with van der Waals surface area (Å²) in [6, 6.07) is 25.1. The highest BCUT2D eigenvalue weighted by atomic mass is 16.5. The number of carboxylic acids is 1. The summed E-state index contributed by atoms with van der Waals surface area (Å²) in [6.07, 6.45) is -0.297. The normalized spacial score (nSPS) is 12.8. The van der Waals surface area contributed by atoms with Gasteiger partial charge in [0.2, 0.25) is 5.91 Å². The Hall–Kier alpha value is -4.13. The Morgan fingerprint density at radius 2 is 1.43 bits per heavy atom. The zero-order valence-electron chi connectivity index (χ0n) is 19.3. The standard InChI is InChI=1S/C28H28N2O5/c31-26(30-25(14-15-27(32)33)19-8-2-1-3-9-19)16-17-29-28(34)35-18-24-22-12-6-4-10-20(22)21-11-5-7-13-23(21)24/h1-13,24-25H,14-18H2,(H,29,34)(H,30,31)(H,32,33). The maximum absolute atomic E-state index is 12.4. The molecule has 7 nitrogen and oxygen atoms in total. The lowest BCUT2D eigenvalue weighted by Gasteiger charge is -2.19. The number of ether oxygens (including phenoxy) is 1. The summed E-state index contributed by atoms with van der Waals surface area (Å²) in [5, 5.41) is 14.5. The van der Waals surface area contributed by atoms with Crippen molar-refractivity contribution in [1.29, 1.82) is 0 Å². The van der Waals surface area contributed by atoms with Crippen molar-refractivity contribution in [3.8, 4) is 11.1 Å². The van der Waals surface area contributed by atoms with Crippen LogP contribution in [0.3, 0.4) is 0 Å². The van der Waals surface area contributed by atoms with E-state index in [4.69, 9.17) is 9.84 Å². The van der Waals surface area contributed by atoms with Crippen LogP contribution < -0.4 is 10.6 Å². The predicted molar refractivity (Wildman–Crippen MR) is 132 cm³/mol. The van der Waals surface area contributed by atoms with Crippen LogP contribution >= 0.6 is 0 Å². The van der Waals surface area contributed by atoms with Gasteiger partial charge in [-0.15, -0.1) is 0 Å². The van der Waals surface area contributed by atoms with E-state index < -0.39 is 18.1 Å². The molecule has 2 amide bonds. The first-order valence-corrected chi connectivity index (χ1v) is 11.7. The number of carbonyl (C=O) groups is 3. The second-order valence-electron chi connectivity index (χ2n) is 8.47. The minimum absolute atomic E-state index is 0.0303. The fraction of sp³-hybridized carbons (Fsp3) is 0.250. The van der Waals surface area contributed by atoms with E-state index in [1.807, 2.05) is 54.6 Å². The van der Waals surface area contributed by atoms with E-state index in [9.17, 15) is 14.4 Å². The molecule has 3 aromatic carbocycles. The van der Waals surface area contributed by atoms with Crippen molar-refractivity contribution in [3.63, 3.8) is 0 Å². The monoisotopic (exact) mass is 472 g/mol. The molecule has 0 radical (unpaired) electrons. The van der Waals surface area contributed by atoms with Gasteiger partial charge < -0.3 is 20.5 Å². The molecule has 0 saturated carbocycles. The molecule has 0 heterocycles. The van der Waals surface area contributed by atoms with Gasteiger partial charge in [0.05, 0.1) is 6.04 Å². The Labute approximate surface area is 204 Å². The topological polar surface area (TPSA) is 105 Å². The zero-order chi connectivity index (χ0) is 24.6. The summed E-state index contributed by atoms with van der Waals surface area (Å²) in [5.74, 6) is -1.22. The van der Waals surface area contributed by atoms with Crippen LogP contribution in [-0.4, -0.2) is 36.2 Å². The maximum atomic E-state index is 12.4. The molecule has 4 rings (SSSR count). The highest BCUT2D eigenvalue weighted by molar-refractivity contribution is 5.79. The molecule has 1 aliphatic rings. The van der Waals surface area contributed by atoms with E-state index in [0.717, 1.165) is 27.8 Å². The minimum atomic E-state index is -0.919. The Morgan fingerprint density at radius 3 is 2.06 bits per heavy atom. The molecule has 180 valence electrons. The second-order valence-corrected chi connectivity index (χ2v) is 8.47. The van der Waals surface area contributed by atoms with Crippen molar-refractivity contribution < 1.29 is 24.2 Å². The largest absolute Gasteiger partial charge is 0.481 e. The SMILES string of the molecule is O=C(O)CCC(NC(=O)CCNC(=O)OCC1c2ccccc2-c2ccccc21)c1ccccc1. The Balaban J connectivity index is 1.26. The molecular weight excluding hydrogens is 444 g/mol. The fourth-order valence-electron chi connectivity index (χ4n) is 4.47. The third-order valence-corrected chi connectivity index (χ3v) is 6.15. The molecule has 35 heavy (non-hydrogen) atoms. The highest BCUT2D eigenvalue weighted by Crippen LogP contribution is 2.44. The summed E-state index contributed by atoms with van der Waals surface area (Å²) < 4.78 is 5.49. The molecule has 1 atom stereocenters. The second kappa shape index (κ2) is 11.3. The molecule has 0 bridgehead atoms. The van der Waals surface area contributed by atoms with Gasteiger partial charge in [-0.1, -0.05) is 78.9 Å². The lowest BCUT2D eigenvalue weighted by Crippen LogP contribution is -2.33. The van der Waals surface area contributed by atoms with Gasteiger partial charge in [-0.2, -0.15) is 0 Å².